The maximum Gasteiger partial charge on any atom is 0.407 e. The van der Waals surface area contributed by atoms with E-state index in [1.54, 1.807) is 11.7 Å². The molecule has 0 spiro atoms. The molecule has 88 valence electrons. The third kappa shape index (κ3) is 2.47. The van der Waals surface area contributed by atoms with Gasteiger partial charge >= 0.3 is 6.09 Å². The number of hydrogen-bond acceptors (Lipinski definition) is 4. The Hall–Kier alpha value is -1.66. The van der Waals surface area contributed by atoms with Crippen LogP contribution in [0.4, 0.5) is 4.79 Å². The number of tetrazole rings is 1. The van der Waals surface area contributed by atoms with Crippen molar-refractivity contribution in [1.29, 1.82) is 0 Å². The Labute approximate surface area is 93.0 Å². The fraction of sp³-hybridized carbons (Fsp3) is 0.778. The van der Waals surface area contributed by atoms with Crippen molar-refractivity contribution in [3.05, 3.63) is 5.82 Å². The Balaban J connectivity index is 1.92. The van der Waals surface area contributed by atoms with E-state index in [4.69, 9.17) is 5.11 Å². The van der Waals surface area contributed by atoms with Gasteiger partial charge in [-0.2, -0.15) is 4.80 Å². The molecule has 1 atom stereocenters. The van der Waals surface area contributed by atoms with Crippen LogP contribution in [0.3, 0.4) is 0 Å². The molecule has 1 saturated heterocycles. The summed E-state index contributed by atoms with van der Waals surface area (Å²) in [6.45, 7) is 3.63. The van der Waals surface area contributed by atoms with Crippen LogP contribution in [0.1, 0.15) is 18.7 Å². The third-order valence-corrected chi connectivity index (χ3v) is 2.76. The standard InChI is InChI=1S/C9H15N5O2/c1-7-10-12-14(11-7)6-8-3-2-4-13(5-8)9(15)16/h8H,2-6H2,1H3,(H,15,16). The quantitative estimate of drug-likeness (QED) is 0.786. The van der Waals surface area contributed by atoms with Crippen LogP contribution in [0.25, 0.3) is 0 Å². The van der Waals surface area contributed by atoms with Crippen LogP contribution in [-0.2, 0) is 6.54 Å². The minimum atomic E-state index is -0.840. The zero-order valence-corrected chi connectivity index (χ0v) is 9.20. The molecule has 0 aliphatic carbocycles. The van der Waals surface area contributed by atoms with Crippen molar-refractivity contribution < 1.29 is 9.90 Å². The molecule has 1 N–H and O–H groups in total. The van der Waals surface area contributed by atoms with E-state index in [1.807, 2.05) is 0 Å². The van der Waals surface area contributed by atoms with Crippen LogP contribution in [-0.4, -0.2) is 49.4 Å². The molecule has 0 saturated carbocycles. The summed E-state index contributed by atoms with van der Waals surface area (Å²) in [7, 11) is 0. The highest BCUT2D eigenvalue weighted by atomic mass is 16.4. The van der Waals surface area contributed by atoms with E-state index in [0.717, 1.165) is 12.8 Å². The second kappa shape index (κ2) is 4.46. The van der Waals surface area contributed by atoms with Crippen molar-refractivity contribution in [2.45, 2.75) is 26.3 Å². The molecule has 1 aromatic heterocycles. The summed E-state index contributed by atoms with van der Waals surface area (Å²) in [5.74, 6) is 0.935. The van der Waals surface area contributed by atoms with Crippen molar-refractivity contribution in [2.75, 3.05) is 13.1 Å². The van der Waals surface area contributed by atoms with Gasteiger partial charge < -0.3 is 10.0 Å². The van der Waals surface area contributed by atoms with Gasteiger partial charge in [-0.1, -0.05) is 0 Å². The van der Waals surface area contributed by atoms with E-state index in [-0.39, 0.29) is 0 Å². The number of carbonyl (C=O) groups is 1. The SMILES string of the molecule is Cc1nnn(CC2CCCN(C(=O)O)C2)n1. The number of nitrogens with zero attached hydrogens (tertiary/aromatic N) is 5. The number of likely N-dealkylation sites (tertiary alicyclic amines) is 1. The first-order valence-electron chi connectivity index (χ1n) is 5.37. The molecule has 0 radical (unpaired) electrons. The molecule has 1 aromatic rings. The van der Waals surface area contributed by atoms with Crippen LogP contribution in [0.15, 0.2) is 0 Å². The second-order valence-corrected chi connectivity index (χ2v) is 4.13. The molecule has 1 fully saturated rings. The number of carboxylic acid groups (broad SMARTS) is 1. The summed E-state index contributed by atoms with van der Waals surface area (Å²) in [6.07, 6.45) is 1.09. The Morgan fingerprint density at radius 3 is 3.06 bits per heavy atom. The van der Waals surface area contributed by atoms with E-state index in [2.05, 4.69) is 15.4 Å². The van der Waals surface area contributed by atoms with Crippen molar-refractivity contribution in [2.24, 2.45) is 5.92 Å². The van der Waals surface area contributed by atoms with Gasteiger partial charge in [0.15, 0.2) is 5.82 Å². The summed E-state index contributed by atoms with van der Waals surface area (Å²) in [6, 6.07) is 0. The average molecular weight is 225 g/mol. The number of piperidine rings is 1. The van der Waals surface area contributed by atoms with E-state index in [9.17, 15) is 4.79 Å². The largest absolute Gasteiger partial charge is 0.465 e. The molecular formula is C9H15N5O2. The summed E-state index contributed by atoms with van der Waals surface area (Å²) in [5.41, 5.74) is 0. The predicted molar refractivity (Wildman–Crippen MR) is 54.9 cm³/mol. The van der Waals surface area contributed by atoms with Gasteiger partial charge in [-0.25, -0.2) is 4.79 Å². The fourth-order valence-corrected chi connectivity index (χ4v) is 2.02. The second-order valence-electron chi connectivity index (χ2n) is 4.13. The Bertz CT molecular complexity index is 378. The van der Waals surface area contributed by atoms with Crippen LogP contribution in [0, 0.1) is 12.8 Å². The van der Waals surface area contributed by atoms with Gasteiger partial charge in [-0.05, 0) is 30.9 Å². The van der Waals surface area contributed by atoms with Gasteiger partial charge in [0.2, 0.25) is 0 Å². The highest BCUT2D eigenvalue weighted by Gasteiger charge is 2.23. The van der Waals surface area contributed by atoms with Gasteiger partial charge in [-0.3, -0.25) is 0 Å². The van der Waals surface area contributed by atoms with E-state index in [0.29, 0.717) is 31.4 Å². The predicted octanol–water partition coefficient (Wildman–Crippen LogP) is 0.372. The molecule has 7 heteroatoms. The number of aryl methyl sites for hydroxylation is 1. The summed E-state index contributed by atoms with van der Waals surface area (Å²) >= 11 is 0. The zero-order valence-electron chi connectivity index (χ0n) is 9.20. The lowest BCUT2D eigenvalue weighted by atomic mass is 9.99. The van der Waals surface area contributed by atoms with Gasteiger partial charge in [0.05, 0.1) is 6.54 Å². The van der Waals surface area contributed by atoms with Crippen LogP contribution >= 0.6 is 0 Å². The lowest BCUT2D eigenvalue weighted by molar-refractivity contribution is 0.114. The first kappa shape index (κ1) is 10.8. The summed E-state index contributed by atoms with van der Waals surface area (Å²) in [5, 5.41) is 20.7. The van der Waals surface area contributed by atoms with Crippen LogP contribution < -0.4 is 0 Å². The van der Waals surface area contributed by atoms with E-state index >= 15 is 0 Å². The Morgan fingerprint density at radius 1 is 1.62 bits per heavy atom. The van der Waals surface area contributed by atoms with Crippen molar-refractivity contribution in [3.63, 3.8) is 0 Å². The Kier molecular flexibility index (Phi) is 3.02. The summed E-state index contributed by atoms with van der Waals surface area (Å²) < 4.78 is 0. The highest BCUT2D eigenvalue weighted by molar-refractivity contribution is 5.65. The average Bonchev–Trinajstić information content (AvgIpc) is 2.64. The highest BCUT2D eigenvalue weighted by Crippen LogP contribution is 2.17. The zero-order chi connectivity index (χ0) is 11.5. The lowest BCUT2D eigenvalue weighted by Gasteiger charge is -2.30. The lowest BCUT2D eigenvalue weighted by Crippen LogP contribution is -2.40. The number of hydrogen-bond donors (Lipinski definition) is 1. The first-order valence-corrected chi connectivity index (χ1v) is 5.37. The number of amides is 1. The minimum absolute atomic E-state index is 0.290. The normalized spacial score (nSPS) is 21.1. The monoisotopic (exact) mass is 225 g/mol. The molecular weight excluding hydrogens is 210 g/mol. The molecule has 0 aromatic carbocycles. The molecule has 1 amide bonds. The van der Waals surface area contributed by atoms with E-state index in [1.165, 1.54) is 4.90 Å². The summed E-state index contributed by atoms with van der Waals surface area (Å²) in [4.78, 5) is 13.8. The van der Waals surface area contributed by atoms with E-state index < -0.39 is 6.09 Å². The number of aromatic nitrogens is 4. The maximum atomic E-state index is 10.8. The van der Waals surface area contributed by atoms with Gasteiger partial charge in [0, 0.05) is 13.1 Å². The Morgan fingerprint density at radius 2 is 2.44 bits per heavy atom. The molecule has 1 unspecified atom stereocenters. The number of rotatable bonds is 2. The molecule has 7 nitrogen and oxygen atoms in total. The smallest absolute Gasteiger partial charge is 0.407 e. The van der Waals surface area contributed by atoms with Crippen molar-refractivity contribution >= 4 is 6.09 Å². The van der Waals surface area contributed by atoms with Crippen LogP contribution in [0.5, 0.6) is 0 Å². The topological polar surface area (TPSA) is 84.1 Å². The third-order valence-electron chi connectivity index (χ3n) is 2.76. The van der Waals surface area contributed by atoms with Crippen LogP contribution in [0.2, 0.25) is 0 Å². The van der Waals surface area contributed by atoms with Gasteiger partial charge in [-0.15, -0.1) is 10.2 Å². The molecule has 1 aliphatic rings. The molecule has 2 rings (SSSR count). The first-order chi connectivity index (χ1) is 7.65. The van der Waals surface area contributed by atoms with Gasteiger partial charge in [0.25, 0.3) is 0 Å². The molecule has 1 aliphatic heterocycles. The van der Waals surface area contributed by atoms with Gasteiger partial charge in [0.1, 0.15) is 0 Å². The molecule has 16 heavy (non-hydrogen) atoms. The van der Waals surface area contributed by atoms with Crippen molar-refractivity contribution in [3.8, 4) is 0 Å². The van der Waals surface area contributed by atoms with Crippen molar-refractivity contribution in [1.82, 2.24) is 25.1 Å². The maximum absolute atomic E-state index is 10.8. The minimum Gasteiger partial charge on any atom is -0.465 e. The molecule has 2 heterocycles. The molecule has 0 bridgehead atoms. The fourth-order valence-electron chi connectivity index (χ4n) is 2.02.